The van der Waals surface area contributed by atoms with Crippen LogP contribution in [-0.4, -0.2) is 34.2 Å². The lowest BCUT2D eigenvalue weighted by Crippen LogP contribution is -2.39. The van der Waals surface area contributed by atoms with Crippen LogP contribution in [0, 0.1) is 5.92 Å². The van der Waals surface area contributed by atoms with Gasteiger partial charge in [-0.1, -0.05) is 51.0 Å². The average molecular weight is 467 g/mol. The Morgan fingerprint density at radius 2 is 1.62 bits per heavy atom. The number of halogens is 1. The zero-order chi connectivity index (χ0) is 17.3. The minimum atomic E-state index is -2.99. The highest BCUT2D eigenvalue weighted by molar-refractivity contribution is 14.0. The Bertz CT molecular complexity index is 597. The molecule has 0 aromatic heterocycles. The standard InChI is InChI=1S/C17H29N3O2S.HI/c1-5-14(6-2)11-19-17(18-3)20-12-15-7-9-16(10-8-15)13-23(4,21)22;/h7-10,14H,5-6,11-13H2,1-4H3,(H2,18,19,20);1H. The van der Waals surface area contributed by atoms with Crippen molar-refractivity contribution in [1.82, 2.24) is 10.6 Å². The number of nitrogens with zero attached hydrogens (tertiary/aromatic N) is 1. The second kappa shape index (κ2) is 11.7. The molecule has 138 valence electrons. The second-order valence-electron chi connectivity index (χ2n) is 5.88. The SMILES string of the molecule is CCC(CC)CNC(=NC)NCc1ccc(CS(C)(=O)=O)cc1.I. The lowest BCUT2D eigenvalue weighted by molar-refractivity contribution is 0.481. The van der Waals surface area contributed by atoms with Crippen LogP contribution in [0.4, 0.5) is 0 Å². The van der Waals surface area contributed by atoms with Gasteiger partial charge in [0.1, 0.15) is 0 Å². The quantitative estimate of drug-likeness (QED) is 0.351. The smallest absolute Gasteiger partial charge is 0.191 e. The predicted octanol–water partition coefficient (Wildman–Crippen LogP) is 2.95. The van der Waals surface area contributed by atoms with Gasteiger partial charge in [0.05, 0.1) is 5.75 Å². The van der Waals surface area contributed by atoms with E-state index in [2.05, 4.69) is 29.5 Å². The molecule has 0 unspecified atom stereocenters. The summed E-state index contributed by atoms with van der Waals surface area (Å²) < 4.78 is 22.6. The van der Waals surface area contributed by atoms with Crippen LogP contribution in [0.2, 0.25) is 0 Å². The Balaban J connectivity index is 0.00000529. The van der Waals surface area contributed by atoms with Crippen LogP contribution in [0.1, 0.15) is 37.8 Å². The molecule has 1 aromatic carbocycles. The highest BCUT2D eigenvalue weighted by Crippen LogP contribution is 2.08. The van der Waals surface area contributed by atoms with E-state index in [1.807, 2.05) is 24.3 Å². The zero-order valence-electron chi connectivity index (χ0n) is 15.0. The lowest BCUT2D eigenvalue weighted by Gasteiger charge is -2.16. The molecule has 0 spiro atoms. The molecule has 0 aliphatic carbocycles. The molecule has 2 N–H and O–H groups in total. The molecule has 0 bridgehead atoms. The summed E-state index contributed by atoms with van der Waals surface area (Å²) in [4.78, 5) is 4.22. The van der Waals surface area contributed by atoms with Gasteiger partial charge in [0, 0.05) is 26.4 Å². The van der Waals surface area contributed by atoms with E-state index in [0.29, 0.717) is 12.5 Å². The fourth-order valence-electron chi connectivity index (χ4n) is 2.28. The molecule has 5 nitrogen and oxygen atoms in total. The van der Waals surface area contributed by atoms with Crippen molar-refractivity contribution in [2.45, 2.75) is 39.0 Å². The summed E-state index contributed by atoms with van der Waals surface area (Å²) in [6.45, 7) is 5.97. The lowest BCUT2D eigenvalue weighted by atomic mass is 10.0. The van der Waals surface area contributed by atoms with Crippen molar-refractivity contribution in [3.63, 3.8) is 0 Å². The van der Waals surface area contributed by atoms with E-state index in [-0.39, 0.29) is 29.7 Å². The van der Waals surface area contributed by atoms with Crippen LogP contribution in [0.25, 0.3) is 0 Å². The van der Waals surface area contributed by atoms with Gasteiger partial charge in [0.2, 0.25) is 0 Å². The van der Waals surface area contributed by atoms with E-state index >= 15 is 0 Å². The number of sulfone groups is 1. The molecule has 0 heterocycles. The average Bonchev–Trinajstić information content (AvgIpc) is 2.51. The summed E-state index contributed by atoms with van der Waals surface area (Å²) >= 11 is 0. The van der Waals surface area contributed by atoms with E-state index in [4.69, 9.17) is 0 Å². The molecule has 0 atom stereocenters. The molecule has 0 aliphatic heterocycles. The monoisotopic (exact) mass is 467 g/mol. The molecule has 0 saturated carbocycles. The van der Waals surface area contributed by atoms with Crippen molar-refractivity contribution in [2.75, 3.05) is 19.8 Å². The van der Waals surface area contributed by atoms with Gasteiger partial charge in [0.15, 0.2) is 15.8 Å². The number of nitrogens with one attached hydrogen (secondary N) is 2. The van der Waals surface area contributed by atoms with Crippen molar-refractivity contribution in [3.05, 3.63) is 35.4 Å². The van der Waals surface area contributed by atoms with Gasteiger partial charge in [-0.25, -0.2) is 8.42 Å². The van der Waals surface area contributed by atoms with Gasteiger partial charge in [-0.05, 0) is 17.0 Å². The van der Waals surface area contributed by atoms with Crippen LogP contribution in [0.3, 0.4) is 0 Å². The highest BCUT2D eigenvalue weighted by atomic mass is 127. The maximum absolute atomic E-state index is 11.3. The van der Waals surface area contributed by atoms with Crippen LogP contribution < -0.4 is 10.6 Å². The van der Waals surface area contributed by atoms with E-state index in [1.54, 1.807) is 7.05 Å². The number of rotatable bonds is 8. The third-order valence-corrected chi connectivity index (χ3v) is 4.71. The van der Waals surface area contributed by atoms with Gasteiger partial charge in [-0.2, -0.15) is 0 Å². The first-order valence-electron chi connectivity index (χ1n) is 8.08. The number of benzene rings is 1. The normalized spacial score (nSPS) is 12.0. The second-order valence-corrected chi connectivity index (χ2v) is 8.02. The minimum Gasteiger partial charge on any atom is -0.356 e. The molecule has 0 fully saturated rings. The maximum atomic E-state index is 11.3. The Kier molecular flexibility index (Phi) is 11.3. The van der Waals surface area contributed by atoms with Gasteiger partial charge >= 0.3 is 0 Å². The largest absolute Gasteiger partial charge is 0.356 e. The van der Waals surface area contributed by atoms with Gasteiger partial charge < -0.3 is 10.6 Å². The fourth-order valence-corrected chi connectivity index (χ4v) is 3.08. The predicted molar refractivity (Wildman–Crippen MR) is 113 cm³/mol. The number of hydrogen-bond acceptors (Lipinski definition) is 3. The number of guanidine groups is 1. The molecule has 0 aliphatic rings. The summed E-state index contributed by atoms with van der Waals surface area (Å²) in [5.74, 6) is 1.53. The summed E-state index contributed by atoms with van der Waals surface area (Å²) in [5, 5.41) is 6.62. The van der Waals surface area contributed by atoms with E-state index < -0.39 is 9.84 Å². The van der Waals surface area contributed by atoms with Crippen LogP contribution in [0.5, 0.6) is 0 Å². The first-order valence-corrected chi connectivity index (χ1v) is 10.1. The molecule has 24 heavy (non-hydrogen) atoms. The van der Waals surface area contributed by atoms with Crippen molar-refractivity contribution < 1.29 is 8.42 Å². The minimum absolute atomic E-state index is 0. The zero-order valence-corrected chi connectivity index (χ0v) is 18.1. The van der Waals surface area contributed by atoms with Crippen LogP contribution in [0.15, 0.2) is 29.3 Å². The maximum Gasteiger partial charge on any atom is 0.191 e. The van der Waals surface area contributed by atoms with E-state index in [1.165, 1.54) is 6.26 Å². The summed E-state index contributed by atoms with van der Waals surface area (Å²) in [5.41, 5.74) is 1.90. The Labute approximate surface area is 163 Å². The molecular formula is C17H30IN3O2S. The fraction of sp³-hybridized carbons (Fsp3) is 0.588. The Morgan fingerprint density at radius 3 is 2.08 bits per heavy atom. The summed E-state index contributed by atoms with van der Waals surface area (Å²) in [7, 11) is -1.22. The number of aliphatic imine (C=N–C) groups is 1. The van der Waals surface area contributed by atoms with Crippen molar-refractivity contribution in [3.8, 4) is 0 Å². The molecular weight excluding hydrogens is 437 g/mol. The van der Waals surface area contributed by atoms with Gasteiger partial charge in [-0.15, -0.1) is 24.0 Å². The summed E-state index contributed by atoms with van der Waals surface area (Å²) in [6.07, 6.45) is 3.56. The van der Waals surface area contributed by atoms with E-state index in [9.17, 15) is 8.42 Å². The third-order valence-electron chi connectivity index (χ3n) is 3.85. The van der Waals surface area contributed by atoms with Crippen molar-refractivity contribution in [2.24, 2.45) is 10.9 Å². The number of hydrogen-bond donors (Lipinski definition) is 2. The van der Waals surface area contributed by atoms with Crippen molar-refractivity contribution >= 4 is 39.8 Å². The first kappa shape index (κ1) is 23.2. The van der Waals surface area contributed by atoms with Crippen molar-refractivity contribution in [1.29, 1.82) is 0 Å². The Morgan fingerprint density at radius 1 is 1.08 bits per heavy atom. The van der Waals surface area contributed by atoms with E-state index in [0.717, 1.165) is 36.5 Å². The molecule has 0 amide bonds. The van der Waals surface area contributed by atoms with Crippen LogP contribution in [-0.2, 0) is 22.1 Å². The molecule has 1 aromatic rings. The first-order chi connectivity index (χ1) is 10.9. The van der Waals surface area contributed by atoms with Gasteiger partial charge in [0.25, 0.3) is 0 Å². The molecule has 0 saturated heterocycles. The van der Waals surface area contributed by atoms with Crippen LogP contribution >= 0.6 is 24.0 Å². The Hall–Kier alpha value is -0.830. The molecule has 0 radical (unpaired) electrons. The highest BCUT2D eigenvalue weighted by Gasteiger charge is 2.06. The third kappa shape index (κ3) is 9.46. The summed E-state index contributed by atoms with van der Waals surface area (Å²) in [6, 6.07) is 7.61. The molecule has 1 rings (SSSR count). The topological polar surface area (TPSA) is 70.6 Å². The molecule has 7 heteroatoms. The van der Waals surface area contributed by atoms with Gasteiger partial charge in [-0.3, -0.25) is 4.99 Å².